The zero-order valence-electron chi connectivity index (χ0n) is 10.3. The Morgan fingerprint density at radius 2 is 2.00 bits per heavy atom. The molecule has 5 heteroatoms. The third-order valence-electron chi connectivity index (χ3n) is 3.47. The Bertz CT molecular complexity index is 467. The van der Waals surface area contributed by atoms with Gasteiger partial charge in [0.15, 0.2) is 0 Å². The first-order chi connectivity index (χ1) is 8.61. The zero-order chi connectivity index (χ0) is 13.1. The molecule has 5 nitrogen and oxygen atoms in total. The molecule has 1 heterocycles. The lowest BCUT2D eigenvalue weighted by molar-refractivity contribution is 0.0669. The van der Waals surface area contributed by atoms with E-state index < -0.39 is 5.97 Å². The SMILES string of the molecule is CN(C(=O)c1ccncc1C(=O)O)C1CCCC1. The fourth-order valence-electron chi connectivity index (χ4n) is 2.40. The first-order valence-electron chi connectivity index (χ1n) is 6.05. The number of pyridine rings is 1. The number of hydrogen-bond acceptors (Lipinski definition) is 3. The number of carboxylic acids is 1. The topological polar surface area (TPSA) is 70.5 Å². The van der Waals surface area contributed by atoms with Crippen LogP contribution in [0, 0.1) is 0 Å². The van der Waals surface area contributed by atoms with Crippen molar-refractivity contribution in [3.63, 3.8) is 0 Å². The Kier molecular flexibility index (Phi) is 3.60. The molecule has 1 aliphatic carbocycles. The Morgan fingerprint density at radius 3 is 2.61 bits per heavy atom. The van der Waals surface area contributed by atoms with Crippen LogP contribution in [-0.2, 0) is 0 Å². The third kappa shape index (κ3) is 2.34. The monoisotopic (exact) mass is 248 g/mol. The standard InChI is InChI=1S/C13H16N2O3/c1-15(9-4-2-3-5-9)12(16)10-6-7-14-8-11(10)13(17)18/h6-9H,2-5H2,1H3,(H,17,18). The second kappa shape index (κ2) is 5.16. The minimum absolute atomic E-state index is 0.0349. The minimum atomic E-state index is -1.12. The summed E-state index contributed by atoms with van der Waals surface area (Å²) in [6, 6.07) is 1.70. The van der Waals surface area contributed by atoms with Crippen LogP contribution < -0.4 is 0 Å². The van der Waals surface area contributed by atoms with Gasteiger partial charge in [0, 0.05) is 25.5 Å². The molecular weight excluding hydrogens is 232 g/mol. The van der Waals surface area contributed by atoms with Crippen molar-refractivity contribution >= 4 is 11.9 Å². The van der Waals surface area contributed by atoms with E-state index in [1.165, 1.54) is 18.5 Å². The quantitative estimate of drug-likeness (QED) is 0.885. The normalized spacial score (nSPS) is 15.6. The zero-order valence-corrected chi connectivity index (χ0v) is 10.3. The summed E-state index contributed by atoms with van der Waals surface area (Å²) in [6.45, 7) is 0. The molecule has 0 bridgehead atoms. The van der Waals surface area contributed by atoms with Crippen molar-refractivity contribution in [3.05, 3.63) is 29.6 Å². The van der Waals surface area contributed by atoms with Crippen molar-refractivity contribution in [1.82, 2.24) is 9.88 Å². The number of carboxylic acid groups (broad SMARTS) is 1. The number of amides is 1. The minimum Gasteiger partial charge on any atom is -0.478 e. The summed E-state index contributed by atoms with van der Waals surface area (Å²) in [7, 11) is 1.74. The lowest BCUT2D eigenvalue weighted by Gasteiger charge is -2.24. The second-order valence-electron chi connectivity index (χ2n) is 4.58. The van der Waals surface area contributed by atoms with Gasteiger partial charge in [0.1, 0.15) is 0 Å². The maximum absolute atomic E-state index is 12.3. The van der Waals surface area contributed by atoms with Gasteiger partial charge in [-0.15, -0.1) is 0 Å². The van der Waals surface area contributed by atoms with E-state index in [-0.39, 0.29) is 23.1 Å². The number of aromatic nitrogens is 1. The van der Waals surface area contributed by atoms with Gasteiger partial charge in [0.2, 0.25) is 0 Å². The van der Waals surface area contributed by atoms with E-state index in [0.717, 1.165) is 25.7 Å². The van der Waals surface area contributed by atoms with E-state index >= 15 is 0 Å². The van der Waals surface area contributed by atoms with Crippen LogP contribution >= 0.6 is 0 Å². The molecule has 1 aromatic heterocycles. The highest BCUT2D eigenvalue weighted by Crippen LogP contribution is 2.24. The van der Waals surface area contributed by atoms with Gasteiger partial charge in [-0.1, -0.05) is 12.8 Å². The summed E-state index contributed by atoms with van der Waals surface area (Å²) in [5.41, 5.74) is 0.180. The smallest absolute Gasteiger partial charge is 0.338 e. The van der Waals surface area contributed by atoms with Crippen LogP contribution in [0.4, 0.5) is 0 Å². The largest absolute Gasteiger partial charge is 0.478 e. The molecule has 0 saturated heterocycles. The van der Waals surface area contributed by atoms with Crippen LogP contribution in [0.5, 0.6) is 0 Å². The van der Waals surface area contributed by atoms with Gasteiger partial charge in [-0.2, -0.15) is 0 Å². The van der Waals surface area contributed by atoms with Gasteiger partial charge >= 0.3 is 5.97 Å². The van der Waals surface area contributed by atoms with E-state index in [9.17, 15) is 9.59 Å². The van der Waals surface area contributed by atoms with Gasteiger partial charge in [-0.05, 0) is 18.9 Å². The Labute approximate surface area is 105 Å². The molecule has 1 fully saturated rings. The highest BCUT2D eigenvalue weighted by molar-refractivity contribution is 6.04. The van der Waals surface area contributed by atoms with Crippen LogP contribution in [0.2, 0.25) is 0 Å². The predicted octanol–water partition coefficient (Wildman–Crippen LogP) is 1.79. The number of nitrogens with zero attached hydrogens (tertiary/aromatic N) is 2. The third-order valence-corrected chi connectivity index (χ3v) is 3.47. The van der Waals surface area contributed by atoms with Crippen molar-refractivity contribution < 1.29 is 14.7 Å². The molecule has 1 amide bonds. The number of rotatable bonds is 3. The molecule has 96 valence electrons. The molecule has 0 radical (unpaired) electrons. The molecule has 0 aliphatic heterocycles. The molecule has 1 N–H and O–H groups in total. The Morgan fingerprint density at radius 1 is 1.33 bits per heavy atom. The van der Waals surface area contributed by atoms with E-state index in [1.807, 2.05) is 0 Å². The fourth-order valence-corrected chi connectivity index (χ4v) is 2.40. The summed E-state index contributed by atoms with van der Waals surface area (Å²) in [6.07, 6.45) is 6.92. The molecule has 1 aromatic rings. The Hall–Kier alpha value is -1.91. The van der Waals surface area contributed by atoms with Crippen molar-refractivity contribution in [2.75, 3.05) is 7.05 Å². The van der Waals surface area contributed by atoms with Gasteiger partial charge in [-0.25, -0.2) is 4.79 Å². The number of aromatic carboxylic acids is 1. The van der Waals surface area contributed by atoms with Crippen molar-refractivity contribution in [2.45, 2.75) is 31.7 Å². The molecule has 2 rings (SSSR count). The van der Waals surface area contributed by atoms with E-state index in [4.69, 9.17) is 5.11 Å². The number of carbonyl (C=O) groups excluding carboxylic acids is 1. The van der Waals surface area contributed by atoms with E-state index in [2.05, 4.69) is 4.98 Å². The highest BCUT2D eigenvalue weighted by atomic mass is 16.4. The average molecular weight is 248 g/mol. The average Bonchev–Trinajstić information content (AvgIpc) is 2.90. The van der Waals surface area contributed by atoms with Crippen molar-refractivity contribution in [1.29, 1.82) is 0 Å². The highest BCUT2D eigenvalue weighted by Gasteiger charge is 2.26. The molecular formula is C13H16N2O3. The van der Waals surface area contributed by atoms with Gasteiger partial charge < -0.3 is 10.0 Å². The number of carbonyl (C=O) groups is 2. The van der Waals surface area contributed by atoms with Gasteiger partial charge in [0.25, 0.3) is 5.91 Å². The van der Waals surface area contributed by atoms with Crippen LogP contribution in [0.3, 0.4) is 0 Å². The lowest BCUT2D eigenvalue weighted by Crippen LogP contribution is -2.36. The predicted molar refractivity (Wildman–Crippen MR) is 65.5 cm³/mol. The first kappa shape index (κ1) is 12.5. The summed E-state index contributed by atoms with van der Waals surface area (Å²) in [5.74, 6) is -1.35. The van der Waals surface area contributed by atoms with Crippen molar-refractivity contribution in [2.24, 2.45) is 0 Å². The summed E-state index contributed by atoms with van der Waals surface area (Å²) in [4.78, 5) is 28.8. The molecule has 0 unspecified atom stereocenters. The summed E-state index contributed by atoms with van der Waals surface area (Å²) < 4.78 is 0. The first-order valence-corrected chi connectivity index (χ1v) is 6.05. The molecule has 0 aromatic carbocycles. The van der Waals surface area contributed by atoms with Gasteiger partial charge in [-0.3, -0.25) is 9.78 Å². The molecule has 18 heavy (non-hydrogen) atoms. The molecule has 1 aliphatic rings. The summed E-state index contributed by atoms with van der Waals surface area (Å²) >= 11 is 0. The second-order valence-corrected chi connectivity index (χ2v) is 4.58. The summed E-state index contributed by atoms with van der Waals surface area (Å²) in [5, 5.41) is 9.05. The maximum atomic E-state index is 12.3. The lowest BCUT2D eigenvalue weighted by atomic mass is 10.1. The van der Waals surface area contributed by atoms with E-state index in [1.54, 1.807) is 11.9 Å². The van der Waals surface area contributed by atoms with Crippen LogP contribution in [-0.4, -0.2) is 40.0 Å². The molecule has 1 saturated carbocycles. The van der Waals surface area contributed by atoms with Gasteiger partial charge in [0.05, 0.1) is 11.1 Å². The number of hydrogen-bond donors (Lipinski definition) is 1. The van der Waals surface area contributed by atoms with E-state index in [0.29, 0.717) is 0 Å². The van der Waals surface area contributed by atoms with Crippen LogP contribution in [0.1, 0.15) is 46.4 Å². The maximum Gasteiger partial charge on any atom is 0.338 e. The van der Waals surface area contributed by atoms with Crippen molar-refractivity contribution in [3.8, 4) is 0 Å². The Balaban J connectivity index is 2.25. The van der Waals surface area contributed by atoms with Crippen LogP contribution in [0.25, 0.3) is 0 Å². The van der Waals surface area contributed by atoms with Crippen LogP contribution in [0.15, 0.2) is 18.5 Å². The molecule has 0 atom stereocenters. The fraction of sp³-hybridized carbons (Fsp3) is 0.462. The molecule has 0 spiro atoms.